The predicted molar refractivity (Wildman–Crippen MR) is 89.9 cm³/mol. The van der Waals surface area contributed by atoms with E-state index >= 15 is 0 Å². The fraction of sp³-hybridized carbons (Fsp3) is 0.412. The van der Waals surface area contributed by atoms with Gasteiger partial charge in [0.2, 0.25) is 0 Å². The van der Waals surface area contributed by atoms with Crippen molar-refractivity contribution in [1.29, 1.82) is 0 Å². The van der Waals surface area contributed by atoms with E-state index in [1.54, 1.807) is 0 Å². The van der Waals surface area contributed by atoms with Crippen molar-refractivity contribution in [2.24, 2.45) is 0 Å². The summed E-state index contributed by atoms with van der Waals surface area (Å²) in [6.45, 7) is 4.97. The molecule has 1 heterocycles. The SMILES string of the molecule is CCNc1nc(C2CCCc3ccccc32)nc(C)c1Br. The molecule has 0 saturated heterocycles. The maximum atomic E-state index is 4.78. The Morgan fingerprint density at radius 1 is 1.29 bits per heavy atom. The average molecular weight is 346 g/mol. The van der Waals surface area contributed by atoms with Gasteiger partial charge in [0, 0.05) is 12.5 Å². The first-order valence-electron chi connectivity index (χ1n) is 7.56. The van der Waals surface area contributed by atoms with Crippen LogP contribution in [-0.4, -0.2) is 16.5 Å². The molecule has 1 aromatic carbocycles. The summed E-state index contributed by atoms with van der Waals surface area (Å²) < 4.78 is 0.970. The largest absolute Gasteiger partial charge is 0.369 e. The predicted octanol–water partition coefficient (Wildman–Crippen LogP) is 4.45. The van der Waals surface area contributed by atoms with E-state index in [-0.39, 0.29) is 0 Å². The van der Waals surface area contributed by atoms with E-state index in [0.717, 1.165) is 34.8 Å². The third-order valence-corrected chi connectivity index (χ3v) is 5.01. The molecule has 3 rings (SSSR count). The molecule has 0 radical (unpaired) electrons. The van der Waals surface area contributed by atoms with Gasteiger partial charge in [0.25, 0.3) is 0 Å². The van der Waals surface area contributed by atoms with Crippen molar-refractivity contribution in [2.45, 2.75) is 39.0 Å². The van der Waals surface area contributed by atoms with E-state index in [9.17, 15) is 0 Å². The average Bonchev–Trinajstić information content (AvgIpc) is 2.51. The number of nitrogens with one attached hydrogen (secondary N) is 1. The highest BCUT2D eigenvalue weighted by Gasteiger charge is 2.25. The maximum Gasteiger partial charge on any atom is 0.144 e. The molecule has 1 atom stereocenters. The van der Waals surface area contributed by atoms with Crippen molar-refractivity contribution >= 4 is 21.7 Å². The van der Waals surface area contributed by atoms with Gasteiger partial charge in [0.1, 0.15) is 11.6 Å². The van der Waals surface area contributed by atoms with Gasteiger partial charge in [-0.25, -0.2) is 9.97 Å². The second-order valence-corrected chi connectivity index (χ2v) is 6.30. The molecule has 21 heavy (non-hydrogen) atoms. The van der Waals surface area contributed by atoms with Crippen LogP contribution in [0.25, 0.3) is 0 Å². The zero-order valence-electron chi connectivity index (χ0n) is 12.5. The van der Waals surface area contributed by atoms with Crippen molar-refractivity contribution < 1.29 is 0 Å². The Morgan fingerprint density at radius 2 is 2.10 bits per heavy atom. The molecule has 4 heteroatoms. The van der Waals surface area contributed by atoms with Crippen LogP contribution in [-0.2, 0) is 6.42 Å². The first-order chi connectivity index (χ1) is 10.2. The number of benzene rings is 1. The molecular formula is C17H20BrN3. The third-order valence-electron chi connectivity index (χ3n) is 4.06. The summed E-state index contributed by atoms with van der Waals surface area (Å²) in [5, 5.41) is 3.32. The Kier molecular flexibility index (Phi) is 4.24. The third kappa shape index (κ3) is 2.82. The van der Waals surface area contributed by atoms with Crippen LogP contribution in [0.3, 0.4) is 0 Å². The summed E-state index contributed by atoms with van der Waals surface area (Å²) in [7, 11) is 0. The number of nitrogens with zero attached hydrogens (tertiary/aromatic N) is 2. The lowest BCUT2D eigenvalue weighted by Gasteiger charge is -2.25. The topological polar surface area (TPSA) is 37.8 Å². The van der Waals surface area contributed by atoms with Crippen LogP contribution in [0.15, 0.2) is 28.7 Å². The molecule has 3 nitrogen and oxygen atoms in total. The molecule has 0 saturated carbocycles. The van der Waals surface area contributed by atoms with Gasteiger partial charge in [-0.15, -0.1) is 0 Å². The zero-order chi connectivity index (χ0) is 14.8. The van der Waals surface area contributed by atoms with Crippen LogP contribution in [0.1, 0.15) is 48.3 Å². The minimum atomic E-state index is 0.319. The van der Waals surface area contributed by atoms with Crippen molar-refractivity contribution in [3.05, 3.63) is 51.4 Å². The van der Waals surface area contributed by atoms with Gasteiger partial charge in [-0.1, -0.05) is 24.3 Å². The number of hydrogen-bond donors (Lipinski definition) is 1. The number of fused-ring (bicyclic) bond motifs is 1. The number of halogens is 1. The molecule has 1 aliphatic carbocycles. The van der Waals surface area contributed by atoms with E-state index in [1.165, 1.54) is 24.0 Å². The number of hydrogen-bond acceptors (Lipinski definition) is 3. The Labute approximate surface area is 134 Å². The quantitative estimate of drug-likeness (QED) is 0.892. The van der Waals surface area contributed by atoms with Gasteiger partial charge in [-0.3, -0.25) is 0 Å². The zero-order valence-corrected chi connectivity index (χ0v) is 14.1. The highest BCUT2D eigenvalue weighted by Crippen LogP contribution is 2.36. The summed E-state index contributed by atoms with van der Waals surface area (Å²) in [5.74, 6) is 2.17. The summed E-state index contributed by atoms with van der Waals surface area (Å²) in [4.78, 5) is 9.52. The van der Waals surface area contributed by atoms with Gasteiger partial charge in [0.15, 0.2) is 0 Å². The van der Waals surface area contributed by atoms with Gasteiger partial charge in [-0.05, 0) is 60.2 Å². The smallest absolute Gasteiger partial charge is 0.144 e. The second-order valence-electron chi connectivity index (χ2n) is 5.50. The Hall–Kier alpha value is -1.42. The van der Waals surface area contributed by atoms with Crippen LogP contribution in [0.2, 0.25) is 0 Å². The van der Waals surface area contributed by atoms with Gasteiger partial charge in [-0.2, -0.15) is 0 Å². The molecule has 1 unspecified atom stereocenters. The molecule has 0 fully saturated rings. The molecule has 0 aliphatic heterocycles. The highest BCUT2D eigenvalue weighted by molar-refractivity contribution is 9.10. The molecule has 0 bridgehead atoms. The maximum absolute atomic E-state index is 4.78. The first kappa shape index (κ1) is 14.5. The van der Waals surface area contributed by atoms with Gasteiger partial charge >= 0.3 is 0 Å². The lowest BCUT2D eigenvalue weighted by atomic mass is 9.82. The fourth-order valence-electron chi connectivity index (χ4n) is 3.04. The van der Waals surface area contributed by atoms with Gasteiger partial charge < -0.3 is 5.32 Å². The number of aromatic nitrogens is 2. The Morgan fingerprint density at radius 3 is 2.90 bits per heavy atom. The van der Waals surface area contributed by atoms with Crippen LogP contribution >= 0.6 is 15.9 Å². The Balaban J connectivity index is 2.05. The second kappa shape index (κ2) is 6.14. The number of aryl methyl sites for hydroxylation is 2. The standard InChI is InChI=1S/C17H20BrN3/c1-3-19-17-15(18)11(2)20-16(21-17)14-10-6-8-12-7-4-5-9-13(12)14/h4-5,7,9,14H,3,6,8,10H2,1-2H3,(H,19,20,21). The first-order valence-corrected chi connectivity index (χ1v) is 8.35. The lowest BCUT2D eigenvalue weighted by molar-refractivity contribution is 0.589. The van der Waals surface area contributed by atoms with E-state index in [1.807, 2.05) is 6.92 Å². The molecule has 1 aliphatic rings. The molecule has 0 spiro atoms. The molecule has 0 amide bonds. The normalized spacial score (nSPS) is 17.4. The van der Waals surface area contributed by atoms with Crippen molar-refractivity contribution in [3.8, 4) is 0 Å². The Bertz CT molecular complexity index is 654. The minimum Gasteiger partial charge on any atom is -0.369 e. The van der Waals surface area contributed by atoms with Crippen LogP contribution in [0, 0.1) is 6.92 Å². The van der Waals surface area contributed by atoms with E-state index in [2.05, 4.69) is 52.4 Å². The number of rotatable bonds is 3. The molecular weight excluding hydrogens is 326 g/mol. The molecule has 110 valence electrons. The van der Waals surface area contributed by atoms with Crippen molar-refractivity contribution in [2.75, 3.05) is 11.9 Å². The van der Waals surface area contributed by atoms with E-state index in [4.69, 9.17) is 9.97 Å². The van der Waals surface area contributed by atoms with Crippen LogP contribution < -0.4 is 5.32 Å². The molecule has 1 N–H and O–H groups in total. The molecule has 2 aromatic rings. The summed E-state index contributed by atoms with van der Waals surface area (Å²) >= 11 is 3.58. The van der Waals surface area contributed by atoms with E-state index in [0.29, 0.717) is 5.92 Å². The minimum absolute atomic E-state index is 0.319. The van der Waals surface area contributed by atoms with E-state index < -0.39 is 0 Å². The van der Waals surface area contributed by atoms with Crippen molar-refractivity contribution in [1.82, 2.24) is 9.97 Å². The molecule has 1 aromatic heterocycles. The van der Waals surface area contributed by atoms with Gasteiger partial charge in [0.05, 0.1) is 10.2 Å². The summed E-state index contributed by atoms with van der Waals surface area (Å²) in [5.41, 5.74) is 3.84. The summed E-state index contributed by atoms with van der Waals surface area (Å²) in [6.07, 6.45) is 3.50. The summed E-state index contributed by atoms with van der Waals surface area (Å²) in [6, 6.07) is 8.71. The highest BCUT2D eigenvalue weighted by atomic mass is 79.9. The van der Waals surface area contributed by atoms with Crippen molar-refractivity contribution in [3.63, 3.8) is 0 Å². The van der Waals surface area contributed by atoms with Crippen LogP contribution in [0.4, 0.5) is 5.82 Å². The van der Waals surface area contributed by atoms with Crippen LogP contribution in [0.5, 0.6) is 0 Å². The number of anilines is 1. The lowest BCUT2D eigenvalue weighted by Crippen LogP contribution is -2.15. The monoisotopic (exact) mass is 345 g/mol. The fourth-order valence-corrected chi connectivity index (χ4v) is 3.36.